The molecule has 0 saturated carbocycles. The van der Waals surface area contributed by atoms with Gasteiger partial charge >= 0.3 is 0 Å². The molecule has 1 unspecified atom stereocenters. The summed E-state index contributed by atoms with van der Waals surface area (Å²) in [5.41, 5.74) is 2.31. The third kappa shape index (κ3) is 4.83. The first-order valence-corrected chi connectivity index (χ1v) is 10.4. The van der Waals surface area contributed by atoms with Crippen molar-refractivity contribution >= 4 is 34.6 Å². The van der Waals surface area contributed by atoms with Crippen LogP contribution in [0.15, 0.2) is 71.2 Å². The Labute approximate surface area is 177 Å². The highest BCUT2D eigenvalue weighted by molar-refractivity contribution is 7.12. The molecule has 0 saturated heterocycles. The number of hydrogen-bond acceptors (Lipinski definition) is 4. The van der Waals surface area contributed by atoms with Crippen molar-refractivity contribution in [2.75, 3.05) is 6.54 Å². The van der Waals surface area contributed by atoms with Crippen molar-refractivity contribution in [2.24, 2.45) is 5.16 Å². The molecular weight excluding hydrogens is 411 g/mol. The molecular formula is C22H18ClFN2O2S. The van der Waals surface area contributed by atoms with Crippen LogP contribution in [0.5, 0.6) is 0 Å². The van der Waals surface area contributed by atoms with Gasteiger partial charge in [-0.15, -0.1) is 11.3 Å². The van der Waals surface area contributed by atoms with Gasteiger partial charge in [0.1, 0.15) is 5.82 Å². The summed E-state index contributed by atoms with van der Waals surface area (Å²) in [6.45, 7) is 0.776. The summed E-state index contributed by atoms with van der Waals surface area (Å²) >= 11 is 7.50. The maximum Gasteiger partial charge on any atom is 0.264 e. The van der Waals surface area contributed by atoms with Crippen LogP contribution in [-0.4, -0.2) is 29.2 Å². The Morgan fingerprint density at radius 3 is 2.83 bits per heavy atom. The third-order valence-corrected chi connectivity index (χ3v) is 5.69. The quantitative estimate of drug-likeness (QED) is 0.529. The Balaban J connectivity index is 1.49. The SMILES string of the molecule is O=C(c1cccs1)N(Cc1cccc(Cl)c1)CC1CC(c2cccc(F)c2)=NO1. The van der Waals surface area contributed by atoms with Gasteiger partial charge in [0.05, 0.1) is 17.1 Å². The molecule has 3 aromatic rings. The number of halogens is 2. The maximum absolute atomic E-state index is 13.5. The summed E-state index contributed by atoms with van der Waals surface area (Å²) in [4.78, 5) is 21.0. The van der Waals surface area contributed by atoms with E-state index in [2.05, 4.69) is 5.16 Å². The van der Waals surface area contributed by atoms with Crippen LogP contribution in [0.3, 0.4) is 0 Å². The summed E-state index contributed by atoms with van der Waals surface area (Å²) in [5, 5.41) is 6.62. The number of carbonyl (C=O) groups is 1. The highest BCUT2D eigenvalue weighted by Crippen LogP contribution is 2.22. The fraction of sp³-hybridized carbons (Fsp3) is 0.182. The molecule has 0 spiro atoms. The Hall–Kier alpha value is -2.70. The van der Waals surface area contributed by atoms with Gasteiger partial charge in [-0.3, -0.25) is 4.79 Å². The molecule has 1 aliphatic heterocycles. The lowest BCUT2D eigenvalue weighted by Gasteiger charge is -2.24. The zero-order chi connectivity index (χ0) is 20.2. The monoisotopic (exact) mass is 428 g/mol. The first kappa shape index (κ1) is 19.6. The molecule has 1 aromatic heterocycles. The summed E-state index contributed by atoms with van der Waals surface area (Å²) in [7, 11) is 0. The van der Waals surface area contributed by atoms with E-state index in [0.717, 1.165) is 5.56 Å². The van der Waals surface area contributed by atoms with Crippen molar-refractivity contribution in [3.63, 3.8) is 0 Å². The van der Waals surface area contributed by atoms with E-state index in [1.807, 2.05) is 35.7 Å². The molecule has 148 valence electrons. The molecule has 1 aliphatic rings. The third-order valence-electron chi connectivity index (χ3n) is 4.60. The molecule has 0 bridgehead atoms. The van der Waals surface area contributed by atoms with Crippen molar-refractivity contribution in [2.45, 2.75) is 19.1 Å². The number of hydrogen-bond donors (Lipinski definition) is 0. The van der Waals surface area contributed by atoms with Gasteiger partial charge in [-0.25, -0.2) is 4.39 Å². The second-order valence-corrected chi connectivity index (χ2v) is 8.16. The average molecular weight is 429 g/mol. The summed E-state index contributed by atoms with van der Waals surface area (Å²) in [6.07, 6.45) is 0.212. The predicted molar refractivity (Wildman–Crippen MR) is 113 cm³/mol. The Kier molecular flexibility index (Phi) is 5.92. The normalized spacial score (nSPS) is 15.7. The van der Waals surface area contributed by atoms with Crippen LogP contribution in [0.4, 0.5) is 4.39 Å². The molecule has 0 N–H and O–H groups in total. The minimum absolute atomic E-state index is 0.0669. The van der Waals surface area contributed by atoms with Crippen LogP contribution in [0.25, 0.3) is 0 Å². The molecule has 0 fully saturated rings. The number of benzene rings is 2. The first-order chi connectivity index (χ1) is 14.1. The highest BCUT2D eigenvalue weighted by Gasteiger charge is 2.28. The van der Waals surface area contributed by atoms with Crippen molar-refractivity contribution in [3.8, 4) is 0 Å². The van der Waals surface area contributed by atoms with E-state index in [9.17, 15) is 9.18 Å². The van der Waals surface area contributed by atoms with Crippen molar-refractivity contribution in [1.82, 2.24) is 4.90 Å². The molecule has 7 heteroatoms. The Bertz CT molecular complexity index is 1040. The fourth-order valence-electron chi connectivity index (χ4n) is 3.24. The van der Waals surface area contributed by atoms with Gasteiger partial charge in [0.15, 0.2) is 6.10 Å². The molecule has 4 rings (SSSR count). The lowest BCUT2D eigenvalue weighted by molar-refractivity contribution is 0.0408. The highest BCUT2D eigenvalue weighted by atomic mass is 35.5. The number of amides is 1. The predicted octanol–water partition coefficient (Wildman–Crippen LogP) is 5.38. The molecule has 2 heterocycles. The number of carbonyl (C=O) groups excluding carboxylic acids is 1. The van der Waals surface area contributed by atoms with Gasteiger partial charge < -0.3 is 9.74 Å². The van der Waals surface area contributed by atoms with Crippen molar-refractivity contribution in [1.29, 1.82) is 0 Å². The number of nitrogens with zero attached hydrogens (tertiary/aromatic N) is 2. The molecule has 29 heavy (non-hydrogen) atoms. The van der Waals surface area contributed by atoms with Crippen LogP contribution >= 0.6 is 22.9 Å². The first-order valence-electron chi connectivity index (χ1n) is 9.14. The molecule has 0 aliphatic carbocycles. The lowest BCUT2D eigenvalue weighted by Crippen LogP contribution is -2.37. The average Bonchev–Trinajstić information content (AvgIpc) is 3.39. The van der Waals surface area contributed by atoms with Crippen LogP contribution in [-0.2, 0) is 11.4 Å². The standard InChI is InChI=1S/C22H18ClFN2O2S/c23-17-6-1-4-15(10-17)13-26(22(27)21-8-3-9-29-21)14-19-12-20(25-28-19)16-5-2-7-18(24)11-16/h1-11,19H,12-14H2. The van der Waals surface area contributed by atoms with Gasteiger partial charge in [-0.2, -0.15) is 0 Å². The van der Waals surface area contributed by atoms with Crippen LogP contribution in [0.2, 0.25) is 5.02 Å². The zero-order valence-electron chi connectivity index (χ0n) is 15.4. The Morgan fingerprint density at radius 1 is 1.21 bits per heavy atom. The lowest BCUT2D eigenvalue weighted by atomic mass is 10.0. The van der Waals surface area contributed by atoms with Crippen molar-refractivity contribution in [3.05, 3.63) is 92.9 Å². The van der Waals surface area contributed by atoms with E-state index in [-0.39, 0.29) is 17.8 Å². The van der Waals surface area contributed by atoms with Crippen LogP contribution < -0.4 is 0 Å². The topological polar surface area (TPSA) is 41.9 Å². The second kappa shape index (κ2) is 8.76. The molecule has 2 aromatic carbocycles. The van der Waals surface area contributed by atoms with E-state index < -0.39 is 0 Å². The molecule has 4 nitrogen and oxygen atoms in total. The van der Waals surface area contributed by atoms with E-state index in [0.29, 0.717) is 40.7 Å². The number of thiophene rings is 1. The minimum atomic E-state index is -0.316. The summed E-state index contributed by atoms with van der Waals surface area (Å²) in [6, 6.07) is 17.4. The number of oxime groups is 1. The molecule has 1 amide bonds. The Morgan fingerprint density at radius 2 is 2.07 bits per heavy atom. The van der Waals surface area contributed by atoms with Gasteiger partial charge in [0.2, 0.25) is 0 Å². The van der Waals surface area contributed by atoms with E-state index >= 15 is 0 Å². The maximum atomic E-state index is 13.5. The summed E-state index contributed by atoms with van der Waals surface area (Å²) < 4.78 is 13.5. The largest absolute Gasteiger partial charge is 0.390 e. The van der Waals surface area contributed by atoms with Gasteiger partial charge in [-0.05, 0) is 41.3 Å². The van der Waals surface area contributed by atoms with Gasteiger partial charge in [0, 0.05) is 23.6 Å². The van der Waals surface area contributed by atoms with Crippen LogP contribution in [0.1, 0.15) is 27.2 Å². The molecule has 0 radical (unpaired) electrons. The minimum Gasteiger partial charge on any atom is -0.390 e. The van der Waals surface area contributed by atoms with Crippen LogP contribution in [0, 0.1) is 5.82 Å². The van der Waals surface area contributed by atoms with E-state index in [4.69, 9.17) is 16.4 Å². The number of rotatable bonds is 6. The second-order valence-electron chi connectivity index (χ2n) is 6.77. The fourth-order valence-corrected chi connectivity index (χ4v) is 4.15. The zero-order valence-corrected chi connectivity index (χ0v) is 17.0. The van der Waals surface area contributed by atoms with E-state index in [1.165, 1.54) is 23.5 Å². The van der Waals surface area contributed by atoms with Gasteiger partial charge in [0.25, 0.3) is 5.91 Å². The van der Waals surface area contributed by atoms with Gasteiger partial charge in [-0.1, -0.05) is 47.1 Å². The molecule has 1 atom stereocenters. The van der Waals surface area contributed by atoms with E-state index in [1.54, 1.807) is 23.1 Å². The summed E-state index contributed by atoms with van der Waals surface area (Å²) in [5.74, 6) is -0.383. The smallest absolute Gasteiger partial charge is 0.264 e. The van der Waals surface area contributed by atoms with Crippen molar-refractivity contribution < 1.29 is 14.0 Å².